The number of aryl methyl sites for hydroxylation is 2. The number of rotatable bonds is 3. The Balaban J connectivity index is 2.12. The van der Waals surface area contributed by atoms with E-state index < -0.39 is 0 Å². The van der Waals surface area contributed by atoms with Gasteiger partial charge in [-0.2, -0.15) is 0 Å². The lowest BCUT2D eigenvalue weighted by Gasteiger charge is -2.08. The summed E-state index contributed by atoms with van der Waals surface area (Å²) in [4.78, 5) is 13.5. The lowest BCUT2D eigenvalue weighted by Crippen LogP contribution is -2.07. The van der Waals surface area contributed by atoms with Gasteiger partial charge < -0.3 is 4.57 Å². The number of hydrogen-bond donors (Lipinski definition) is 0. The predicted octanol–water partition coefficient (Wildman–Crippen LogP) is 3.23. The normalized spacial score (nSPS) is 11.2. The van der Waals surface area contributed by atoms with E-state index in [2.05, 4.69) is 27.9 Å². The minimum atomic E-state index is 0.362. The molecule has 0 aliphatic heterocycles. The third-order valence-electron chi connectivity index (χ3n) is 3.35. The van der Waals surface area contributed by atoms with Crippen molar-refractivity contribution < 1.29 is 0 Å². The van der Waals surface area contributed by atoms with E-state index in [0.29, 0.717) is 12.4 Å². The Morgan fingerprint density at radius 1 is 1.25 bits per heavy atom. The average molecular weight is 287 g/mol. The average Bonchev–Trinajstić information content (AvgIpc) is 2.78. The minimum Gasteiger partial charge on any atom is -0.306 e. The maximum Gasteiger partial charge on any atom is 0.160 e. The fourth-order valence-corrected chi connectivity index (χ4v) is 2.46. The van der Waals surface area contributed by atoms with Crippen molar-refractivity contribution in [2.45, 2.75) is 26.3 Å². The summed E-state index contributed by atoms with van der Waals surface area (Å²) in [7, 11) is 0. The van der Waals surface area contributed by atoms with Gasteiger partial charge in [-0.3, -0.25) is 4.98 Å². The molecule has 0 unspecified atom stereocenters. The van der Waals surface area contributed by atoms with E-state index in [1.165, 1.54) is 0 Å². The lowest BCUT2D eigenvalue weighted by atomic mass is 10.2. The maximum atomic E-state index is 6.02. The Labute approximate surface area is 122 Å². The zero-order chi connectivity index (χ0) is 14.1. The van der Waals surface area contributed by atoms with Gasteiger partial charge in [0.2, 0.25) is 0 Å². The van der Waals surface area contributed by atoms with Gasteiger partial charge in [0.25, 0.3) is 0 Å². The second kappa shape index (κ2) is 5.21. The molecule has 0 aliphatic rings. The van der Waals surface area contributed by atoms with E-state index >= 15 is 0 Å². The van der Waals surface area contributed by atoms with Crippen molar-refractivity contribution in [2.24, 2.45) is 0 Å². The molecule has 0 bridgehead atoms. The lowest BCUT2D eigenvalue weighted by molar-refractivity contribution is 0.745. The summed E-state index contributed by atoms with van der Waals surface area (Å²) in [6, 6.07) is 6.02. The molecular formula is C15H15ClN4. The van der Waals surface area contributed by atoms with Crippen LogP contribution in [-0.4, -0.2) is 19.5 Å². The highest BCUT2D eigenvalue weighted by Gasteiger charge is 2.13. The minimum absolute atomic E-state index is 0.362. The highest BCUT2D eigenvalue weighted by molar-refractivity contribution is 6.16. The van der Waals surface area contributed by atoms with Crippen molar-refractivity contribution in [3.8, 4) is 0 Å². The quantitative estimate of drug-likeness (QED) is 0.694. The van der Waals surface area contributed by atoms with Crippen LogP contribution in [0.15, 0.2) is 30.6 Å². The first kappa shape index (κ1) is 13.1. The Morgan fingerprint density at radius 2 is 2.10 bits per heavy atom. The smallest absolute Gasteiger partial charge is 0.160 e. The molecule has 3 rings (SSSR count). The fourth-order valence-electron chi connectivity index (χ4n) is 2.26. The summed E-state index contributed by atoms with van der Waals surface area (Å²) in [5.41, 5.74) is 5.00. The Kier molecular flexibility index (Phi) is 3.40. The van der Waals surface area contributed by atoms with Gasteiger partial charge in [0.05, 0.1) is 18.1 Å². The third kappa shape index (κ3) is 2.27. The van der Waals surface area contributed by atoms with Gasteiger partial charge >= 0.3 is 0 Å². The van der Waals surface area contributed by atoms with Crippen LogP contribution in [0, 0.1) is 13.8 Å². The first-order valence-electron chi connectivity index (χ1n) is 6.47. The van der Waals surface area contributed by atoms with Gasteiger partial charge in [-0.15, -0.1) is 11.6 Å². The molecule has 0 amide bonds. The summed E-state index contributed by atoms with van der Waals surface area (Å²) in [5.74, 6) is 1.19. The Hall–Kier alpha value is -1.94. The van der Waals surface area contributed by atoms with E-state index in [9.17, 15) is 0 Å². The maximum absolute atomic E-state index is 6.02. The number of aromatic nitrogens is 4. The Morgan fingerprint density at radius 3 is 2.85 bits per heavy atom. The fraction of sp³-hybridized carbons (Fsp3) is 0.267. The number of imidazole rings is 1. The molecule has 0 radical (unpaired) electrons. The number of pyridine rings is 2. The van der Waals surface area contributed by atoms with Crippen LogP contribution in [0.5, 0.6) is 0 Å². The summed E-state index contributed by atoms with van der Waals surface area (Å²) >= 11 is 6.02. The van der Waals surface area contributed by atoms with Gasteiger partial charge in [-0.25, -0.2) is 9.97 Å². The molecule has 102 valence electrons. The number of alkyl halides is 1. The summed E-state index contributed by atoms with van der Waals surface area (Å²) in [6.07, 6.45) is 3.66. The number of hydrogen-bond acceptors (Lipinski definition) is 3. The molecule has 20 heavy (non-hydrogen) atoms. The molecule has 0 aromatic carbocycles. The van der Waals surface area contributed by atoms with E-state index in [1.807, 2.05) is 29.8 Å². The number of fused-ring (bicyclic) bond motifs is 1. The van der Waals surface area contributed by atoms with Crippen molar-refractivity contribution in [3.05, 3.63) is 53.2 Å². The molecule has 5 heteroatoms. The van der Waals surface area contributed by atoms with Crippen molar-refractivity contribution in [2.75, 3.05) is 0 Å². The van der Waals surface area contributed by atoms with Crippen LogP contribution < -0.4 is 0 Å². The van der Waals surface area contributed by atoms with Gasteiger partial charge in [-0.05, 0) is 37.1 Å². The molecule has 3 aromatic heterocycles. The van der Waals surface area contributed by atoms with Crippen LogP contribution in [0.1, 0.15) is 22.6 Å². The van der Waals surface area contributed by atoms with Crippen LogP contribution in [0.4, 0.5) is 0 Å². The molecule has 4 nitrogen and oxygen atoms in total. The van der Waals surface area contributed by atoms with Crippen molar-refractivity contribution in [1.29, 1.82) is 0 Å². The Bertz CT molecular complexity index is 764. The molecule has 0 spiro atoms. The largest absolute Gasteiger partial charge is 0.306 e. The zero-order valence-corrected chi connectivity index (χ0v) is 12.2. The summed E-state index contributed by atoms with van der Waals surface area (Å²) < 4.78 is 2.04. The molecular weight excluding hydrogens is 272 g/mol. The summed E-state index contributed by atoms with van der Waals surface area (Å²) in [6.45, 7) is 4.70. The van der Waals surface area contributed by atoms with Gasteiger partial charge in [0, 0.05) is 12.4 Å². The van der Waals surface area contributed by atoms with Gasteiger partial charge in [-0.1, -0.05) is 6.07 Å². The van der Waals surface area contributed by atoms with E-state index in [1.54, 1.807) is 6.20 Å². The molecule has 0 saturated carbocycles. The SMILES string of the molecule is Cc1cnc2c(c1)nc(CCl)n2Cc1ncccc1C. The van der Waals surface area contributed by atoms with Crippen LogP contribution in [0.3, 0.4) is 0 Å². The molecule has 0 saturated heterocycles. The second-order valence-corrected chi connectivity index (χ2v) is 5.14. The molecule has 0 atom stereocenters. The van der Waals surface area contributed by atoms with Crippen LogP contribution in [0.25, 0.3) is 11.2 Å². The topological polar surface area (TPSA) is 43.6 Å². The van der Waals surface area contributed by atoms with E-state index in [-0.39, 0.29) is 0 Å². The van der Waals surface area contributed by atoms with Crippen molar-refractivity contribution >= 4 is 22.8 Å². The van der Waals surface area contributed by atoms with E-state index in [4.69, 9.17) is 11.6 Å². The molecule has 0 fully saturated rings. The van der Waals surface area contributed by atoms with E-state index in [0.717, 1.165) is 33.8 Å². The summed E-state index contributed by atoms with van der Waals surface area (Å²) in [5, 5.41) is 0. The molecule has 0 N–H and O–H groups in total. The monoisotopic (exact) mass is 286 g/mol. The highest BCUT2D eigenvalue weighted by atomic mass is 35.5. The van der Waals surface area contributed by atoms with Crippen LogP contribution in [0.2, 0.25) is 0 Å². The van der Waals surface area contributed by atoms with Crippen LogP contribution >= 0.6 is 11.6 Å². The number of halogens is 1. The third-order valence-corrected chi connectivity index (χ3v) is 3.59. The second-order valence-electron chi connectivity index (χ2n) is 4.87. The van der Waals surface area contributed by atoms with Gasteiger partial charge in [0.1, 0.15) is 11.3 Å². The van der Waals surface area contributed by atoms with Crippen LogP contribution in [-0.2, 0) is 12.4 Å². The van der Waals surface area contributed by atoms with Crippen molar-refractivity contribution in [1.82, 2.24) is 19.5 Å². The predicted molar refractivity (Wildman–Crippen MR) is 79.9 cm³/mol. The molecule has 3 aromatic rings. The molecule has 0 aliphatic carbocycles. The van der Waals surface area contributed by atoms with Crippen molar-refractivity contribution in [3.63, 3.8) is 0 Å². The standard InChI is InChI=1S/C15H15ClN4/c1-10-6-12-15(18-8-10)20(14(7-16)19-12)9-13-11(2)4-3-5-17-13/h3-6,8H,7,9H2,1-2H3. The van der Waals surface area contributed by atoms with Gasteiger partial charge in [0.15, 0.2) is 5.65 Å². The highest BCUT2D eigenvalue weighted by Crippen LogP contribution is 2.18. The first-order valence-corrected chi connectivity index (χ1v) is 7.00. The first-order chi connectivity index (χ1) is 9.69. The molecule has 3 heterocycles. The number of nitrogens with zero attached hydrogens (tertiary/aromatic N) is 4. The zero-order valence-electron chi connectivity index (χ0n) is 11.5.